The van der Waals surface area contributed by atoms with E-state index < -0.39 is 0 Å². The molecule has 3 rings (SSSR count). The van der Waals surface area contributed by atoms with Crippen molar-refractivity contribution in [1.29, 1.82) is 0 Å². The van der Waals surface area contributed by atoms with Crippen LogP contribution < -0.4 is 15.2 Å². The van der Waals surface area contributed by atoms with E-state index in [2.05, 4.69) is 6.92 Å². The van der Waals surface area contributed by atoms with Crippen LogP contribution in [0.3, 0.4) is 0 Å². The van der Waals surface area contributed by atoms with E-state index in [-0.39, 0.29) is 11.6 Å². The molecule has 0 amide bonds. The third kappa shape index (κ3) is 2.87. The van der Waals surface area contributed by atoms with Crippen LogP contribution in [0.25, 0.3) is 0 Å². The fourth-order valence-electron chi connectivity index (χ4n) is 3.59. The summed E-state index contributed by atoms with van der Waals surface area (Å²) >= 11 is 0. The molecule has 1 saturated heterocycles. The molecule has 21 heavy (non-hydrogen) atoms. The number of hydrogen-bond acceptors (Lipinski definition) is 4. The standard InChI is InChI=1S/C17H25NO3/c1-3-4-13-10-17(7-8-20-13)11-15(18)14-9-12(19-2)5-6-16(14)21-17/h5-6,9,13,15H,3-4,7-8,10-11,18H2,1-2H3/t13?,15-,17?/m1/s1. The molecule has 4 heteroatoms. The van der Waals surface area contributed by atoms with Crippen LogP contribution in [-0.2, 0) is 4.74 Å². The van der Waals surface area contributed by atoms with Crippen LogP contribution >= 0.6 is 0 Å². The van der Waals surface area contributed by atoms with E-state index in [1.807, 2.05) is 18.2 Å². The number of benzene rings is 1. The van der Waals surface area contributed by atoms with Crippen LogP contribution in [0.2, 0.25) is 0 Å². The minimum atomic E-state index is -0.154. The Balaban J connectivity index is 1.83. The van der Waals surface area contributed by atoms with Crippen molar-refractivity contribution < 1.29 is 14.2 Å². The molecule has 0 aromatic heterocycles. The SMILES string of the molecule is CCCC1CC2(CCO1)C[C@@H](N)c1cc(OC)ccc1O2. The number of rotatable bonds is 3. The zero-order chi connectivity index (χ0) is 14.9. The Morgan fingerprint density at radius 2 is 2.24 bits per heavy atom. The van der Waals surface area contributed by atoms with Crippen LogP contribution in [0.5, 0.6) is 11.5 Å². The van der Waals surface area contributed by atoms with Crippen LogP contribution in [-0.4, -0.2) is 25.4 Å². The van der Waals surface area contributed by atoms with Crippen molar-refractivity contribution >= 4 is 0 Å². The lowest BCUT2D eigenvalue weighted by atomic mass is 9.79. The Morgan fingerprint density at radius 1 is 1.38 bits per heavy atom. The van der Waals surface area contributed by atoms with E-state index >= 15 is 0 Å². The second-order valence-corrected chi connectivity index (χ2v) is 6.24. The van der Waals surface area contributed by atoms with E-state index in [0.717, 1.165) is 55.8 Å². The van der Waals surface area contributed by atoms with Crippen molar-refractivity contribution in [1.82, 2.24) is 0 Å². The van der Waals surface area contributed by atoms with Crippen molar-refractivity contribution in [2.45, 2.75) is 56.8 Å². The lowest BCUT2D eigenvalue weighted by molar-refractivity contribution is -0.103. The molecule has 2 N–H and O–H groups in total. The van der Waals surface area contributed by atoms with Gasteiger partial charge in [-0.1, -0.05) is 13.3 Å². The van der Waals surface area contributed by atoms with Crippen LogP contribution in [0.4, 0.5) is 0 Å². The maximum absolute atomic E-state index is 6.42. The van der Waals surface area contributed by atoms with Crippen molar-refractivity contribution in [2.24, 2.45) is 5.73 Å². The molecule has 0 aliphatic carbocycles. The summed E-state index contributed by atoms with van der Waals surface area (Å²) in [5.74, 6) is 1.74. The fourth-order valence-corrected chi connectivity index (χ4v) is 3.59. The minimum absolute atomic E-state index is 0.00391. The second-order valence-electron chi connectivity index (χ2n) is 6.24. The van der Waals surface area contributed by atoms with Gasteiger partial charge < -0.3 is 19.9 Å². The number of ether oxygens (including phenoxy) is 3. The van der Waals surface area contributed by atoms with Crippen molar-refractivity contribution in [3.05, 3.63) is 23.8 Å². The molecular formula is C17H25NO3. The fraction of sp³-hybridized carbons (Fsp3) is 0.647. The molecule has 2 heterocycles. The van der Waals surface area contributed by atoms with E-state index in [1.165, 1.54) is 0 Å². The quantitative estimate of drug-likeness (QED) is 0.929. The third-order valence-electron chi connectivity index (χ3n) is 4.66. The van der Waals surface area contributed by atoms with Gasteiger partial charge in [-0.25, -0.2) is 0 Å². The number of methoxy groups -OCH3 is 1. The molecule has 2 unspecified atom stereocenters. The van der Waals surface area contributed by atoms with Crippen molar-refractivity contribution in [2.75, 3.05) is 13.7 Å². The molecule has 0 radical (unpaired) electrons. The van der Waals surface area contributed by atoms with Crippen LogP contribution in [0, 0.1) is 0 Å². The number of nitrogens with two attached hydrogens (primary N) is 1. The van der Waals surface area contributed by atoms with Gasteiger partial charge in [-0.3, -0.25) is 0 Å². The molecule has 1 aromatic rings. The highest BCUT2D eigenvalue weighted by Crippen LogP contribution is 2.45. The highest BCUT2D eigenvalue weighted by Gasteiger charge is 2.43. The Labute approximate surface area is 126 Å². The summed E-state index contributed by atoms with van der Waals surface area (Å²) in [4.78, 5) is 0. The maximum Gasteiger partial charge on any atom is 0.125 e. The smallest absolute Gasteiger partial charge is 0.125 e. The zero-order valence-corrected chi connectivity index (χ0v) is 12.9. The molecule has 1 spiro atoms. The topological polar surface area (TPSA) is 53.7 Å². The predicted octanol–water partition coefficient (Wildman–Crippen LogP) is 3.20. The van der Waals surface area contributed by atoms with Crippen LogP contribution in [0.1, 0.15) is 50.6 Å². The Kier molecular flexibility index (Phi) is 4.09. The van der Waals surface area contributed by atoms with Gasteiger partial charge in [-0.05, 0) is 24.6 Å². The van der Waals surface area contributed by atoms with Gasteiger partial charge in [0, 0.05) is 30.9 Å². The lowest BCUT2D eigenvalue weighted by Gasteiger charge is -2.46. The minimum Gasteiger partial charge on any atom is -0.497 e. The summed E-state index contributed by atoms with van der Waals surface area (Å²) < 4.78 is 17.5. The molecule has 116 valence electrons. The first-order valence-corrected chi connectivity index (χ1v) is 7.90. The molecule has 4 nitrogen and oxygen atoms in total. The Morgan fingerprint density at radius 3 is 3.00 bits per heavy atom. The molecular weight excluding hydrogens is 266 g/mol. The highest BCUT2D eigenvalue weighted by atomic mass is 16.5. The summed E-state index contributed by atoms with van der Waals surface area (Å²) in [6, 6.07) is 5.92. The van der Waals surface area contributed by atoms with Crippen LogP contribution in [0.15, 0.2) is 18.2 Å². The Hall–Kier alpha value is -1.26. The first-order valence-electron chi connectivity index (χ1n) is 7.90. The monoisotopic (exact) mass is 291 g/mol. The largest absolute Gasteiger partial charge is 0.497 e. The van der Waals surface area contributed by atoms with Gasteiger partial charge in [0.25, 0.3) is 0 Å². The predicted molar refractivity (Wildman–Crippen MR) is 81.8 cm³/mol. The summed E-state index contributed by atoms with van der Waals surface area (Å²) in [5, 5.41) is 0. The average molecular weight is 291 g/mol. The van der Waals surface area contributed by atoms with Crippen molar-refractivity contribution in [3.63, 3.8) is 0 Å². The second kappa shape index (κ2) is 5.85. The highest BCUT2D eigenvalue weighted by molar-refractivity contribution is 5.44. The summed E-state index contributed by atoms with van der Waals surface area (Å²) in [6.07, 6.45) is 5.26. The number of fused-ring (bicyclic) bond motifs is 1. The zero-order valence-electron chi connectivity index (χ0n) is 12.9. The molecule has 0 saturated carbocycles. The van der Waals surface area contributed by atoms with Gasteiger partial charge in [0.05, 0.1) is 19.8 Å². The third-order valence-corrected chi connectivity index (χ3v) is 4.66. The van der Waals surface area contributed by atoms with E-state index in [4.69, 9.17) is 19.9 Å². The van der Waals surface area contributed by atoms with Gasteiger partial charge in [0.15, 0.2) is 0 Å². The van der Waals surface area contributed by atoms with Gasteiger partial charge in [-0.2, -0.15) is 0 Å². The number of hydrogen-bond donors (Lipinski definition) is 1. The van der Waals surface area contributed by atoms with E-state index in [0.29, 0.717) is 6.10 Å². The van der Waals surface area contributed by atoms with Gasteiger partial charge in [-0.15, -0.1) is 0 Å². The normalized spacial score (nSPS) is 31.6. The average Bonchev–Trinajstić information content (AvgIpc) is 2.47. The molecule has 2 aliphatic heterocycles. The molecule has 2 aliphatic rings. The lowest BCUT2D eigenvalue weighted by Crippen LogP contribution is -2.49. The summed E-state index contributed by atoms with van der Waals surface area (Å²) in [7, 11) is 1.67. The van der Waals surface area contributed by atoms with Gasteiger partial charge >= 0.3 is 0 Å². The van der Waals surface area contributed by atoms with E-state index in [9.17, 15) is 0 Å². The van der Waals surface area contributed by atoms with Crippen molar-refractivity contribution in [3.8, 4) is 11.5 Å². The van der Waals surface area contributed by atoms with Gasteiger partial charge in [0.1, 0.15) is 17.1 Å². The molecule has 0 bridgehead atoms. The first kappa shape index (κ1) is 14.7. The van der Waals surface area contributed by atoms with Gasteiger partial charge in [0.2, 0.25) is 0 Å². The molecule has 1 aromatic carbocycles. The molecule has 3 atom stereocenters. The first-order chi connectivity index (χ1) is 10.2. The summed E-state index contributed by atoms with van der Waals surface area (Å²) in [6.45, 7) is 2.96. The molecule has 1 fully saturated rings. The summed E-state index contributed by atoms with van der Waals surface area (Å²) in [5.41, 5.74) is 7.32. The maximum atomic E-state index is 6.42. The Bertz CT molecular complexity index is 503. The van der Waals surface area contributed by atoms with E-state index in [1.54, 1.807) is 7.11 Å².